The molecule has 3 aliphatic carbocycles. The molecular formula is C11H18O. The van der Waals surface area contributed by atoms with Gasteiger partial charge in [0.2, 0.25) is 0 Å². The molecule has 1 nitrogen and oxygen atoms in total. The SMILES string of the molecule is CC1=C[C@H]2CC(C)(C)[C@@H]1C[C@H]2O. The maximum absolute atomic E-state index is 9.70. The van der Waals surface area contributed by atoms with Crippen LogP contribution in [0.2, 0.25) is 0 Å². The molecule has 0 aliphatic heterocycles. The van der Waals surface area contributed by atoms with Crippen LogP contribution < -0.4 is 0 Å². The van der Waals surface area contributed by atoms with Gasteiger partial charge in [-0.1, -0.05) is 25.5 Å². The Balaban J connectivity index is 2.34. The molecule has 1 heteroatoms. The minimum absolute atomic E-state index is 0.0632. The molecule has 0 spiro atoms. The molecule has 0 saturated heterocycles. The van der Waals surface area contributed by atoms with Crippen LogP contribution in [0.5, 0.6) is 0 Å². The Morgan fingerprint density at radius 1 is 1.50 bits per heavy atom. The number of aliphatic hydroxyl groups excluding tert-OH is 1. The third kappa shape index (κ3) is 1.03. The van der Waals surface area contributed by atoms with Gasteiger partial charge in [-0.25, -0.2) is 0 Å². The molecule has 2 bridgehead atoms. The van der Waals surface area contributed by atoms with Crippen LogP contribution in [0.3, 0.4) is 0 Å². The molecule has 0 unspecified atom stereocenters. The number of aliphatic hydroxyl groups is 1. The molecule has 0 amide bonds. The van der Waals surface area contributed by atoms with Gasteiger partial charge in [-0.15, -0.1) is 0 Å². The summed E-state index contributed by atoms with van der Waals surface area (Å²) in [6, 6.07) is 0. The molecule has 0 aromatic rings. The predicted molar refractivity (Wildman–Crippen MR) is 49.8 cm³/mol. The van der Waals surface area contributed by atoms with Gasteiger partial charge in [-0.3, -0.25) is 0 Å². The summed E-state index contributed by atoms with van der Waals surface area (Å²) < 4.78 is 0. The average Bonchev–Trinajstić information content (AvgIpc) is 1.92. The largest absolute Gasteiger partial charge is 0.392 e. The maximum atomic E-state index is 9.70. The van der Waals surface area contributed by atoms with Gasteiger partial charge in [0.05, 0.1) is 6.10 Å². The van der Waals surface area contributed by atoms with E-state index in [1.807, 2.05) is 0 Å². The highest BCUT2D eigenvalue weighted by Gasteiger charge is 2.44. The number of rotatable bonds is 0. The van der Waals surface area contributed by atoms with Crippen molar-refractivity contribution >= 4 is 0 Å². The van der Waals surface area contributed by atoms with E-state index in [-0.39, 0.29) is 6.10 Å². The van der Waals surface area contributed by atoms with E-state index >= 15 is 0 Å². The standard InChI is InChI=1S/C11H18O/c1-7-4-8-6-11(2,3)9(7)5-10(8)12/h4,8-10,12H,5-6H2,1-3H3/t8-,9+,10+/m0/s1. The first-order valence-corrected chi connectivity index (χ1v) is 4.87. The van der Waals surface area contributed by atoms with Crippen molar-refractivity contribution in [2.24, 2.45) is 17.3 Å². The lowest BCUT2D eigenvalue weighted by molar-refractivity contribution is -0.00341. The highest BCUT2D eigenvalue weighted by molar-refractivity contribution is 5.20. The minimum Gasteiger partial charge on any atom is -0.392 e. The molecule has 3 rings (SSSR count). The van der Waals surface area contributed by atoms with E-state index in [4.69, 9.17) is 0 Å². The summed E-state index contributed by atoms with van der Waals surface area (Å²) in [4.78, 5) is 0. The van der Waals surface area contributed by atoms with E-state index in [1.165, 1.54) is 5.57 Å². The Morgan fingerprint density at radius 2 is 2.17 bits per heavy atom. The zero-order valence-corrected chi connectivity index (χ0v) is 8.17. The van der Waals surface area contributed by atoms with Gasteiger partial charge in [0.1, 0.15) is 0 Å². The van der Waals surface area contributed by atoms with Crippen LogP contribution in [0.4, 0.5) is 0 Å². The van der Waals surface area contributed by atoms with Crippen LogP contribution >= 0.6 is 0 Å². The Morgan fingerprint density at radius 3 is 2.58 bits per heavy atom. The molecule has 68 valence electrons. The van der Waals surface area contributed by atoms with E-state index in [9.17, 15) is 5.11 Å². The number of allylic oxidation sites excluding steroid dienone is 1. The van der Waals surface area contributed by atoms with Crippen molar-refractivity contribution in [1.29, 1.82) is 0 Å². The molecule has 0 radical (unpaired) electrons. The predicted octanol–water partition coefficient (Wildman–Crippen LogP) is 2.36. The highest BCUT2D eigenvalue weighted by Crippen LogP contribution is 2.51. The van der Waals surface area contributed by atoms with Gasteiger partial charge in [-0.05, 0) is 31.1 Å². The second kappa shape index (κ2) is 2.35. The van der Waals surface area contributed by atoms with E-state index in [2.05, 4.69) is 26.8 Å². The molecule has 0 aromatic carbocycles. The Hall–Kier alpha value is -0.300. The summed E-state index contributed by atoms with van der Waals surface area (Å²) in [5, 5.41) is 9.70. The van der Waals surface area contributed by atoms with Crippen molar-refractivity contribution in [2.45, 2.75) is 39.7 Å². The normalized spacial score (nSPS) is 44.3. The smallest absolute Gasteiger partial charge is 0.0609 e. The topological polar surface area (TPSA) is 20.2 Å². The van der Waals surface area contributed by atoms with Crippen LogP contribution in [-0.2, 0) is 0 Å². The lowest BCUT2D eigenvalue weighted by atomic mass is 9.57. The molecule has 0 aromatic heterocycles. The van der Waals surface area contributed by atoms with Crippen LogP contribution in [0, 0.1) is 17.3 Å². The fourth-order valence-electron chi connectivity index (χ4n) is 3.05. The summed E-state index contributed by atoms with van der Waals surface area (Å²) in [6.07, 6.45) is 4.37. The Bertz CT molecular complexity index is 227. The van der Waals surface area contributed by atoms with E-state index in [0.29, 0.717) is 17.3 Å². The van der Waals surface area contributed by atoms with Crippen molar-refractivity contribution in [1.82, 2.24) is 0 Å². The molecule has 1 fully saturated rings. The first kappa shape index (κ1) is 8.31. The molecule has 3 atom stereocenters. The summed E-state index contributed by atoms with van der Waals surface area (Å²) in [7, 11) is 0. The first-order valence-electron chi connectivity index (χ1n) is 4.87. The van der Waals surface area contributed by atoms with Crippen molar-refractivity contribution in [3.63, 3.8) is 0 Å². The number of hydrogen-bond acceptors (Lipinski definition) is 1. The van der Waals surface area contributed by atoms with Gasteiger partial charge in [0, 0.05) is 5.92 Å². The van der Waals surface area contributed by atoms with Gasteiger partial charge >= 0.3 is 0 Å². The first-order chi connectivity index (χ1) is 5.50. The van der Waals surface area contributed by atoms with Gasteiger partial charge in [-0.2, -0.15) is 0 Å². The molecule has 1 N–H and O–H groups in total. The second-order valence-corrected chi connectivity index (χ2v) is 5.12. The van der Waals surface area contributed by atoms with E-state index < -0.39 is 0 Å². The summed E-state index contributed by atoms with van der Waals surface area (Å²) in [5.74, 6) is 1.06. The van der Waals surface area contributed by atoms with Crippen LogP contribution in [0.15, 0.2) is 11.6 Å². The third-order valence-corrected chi connectivity index (χ3v) is 3.70. The zero-order chi connectivity index (χ0) is 8.93. The van der Waals surface area contributed by atoms with Crippen molar-refractivity contribution in [3.8, 4) is 0 Å². The zero-order valence-electron chi connectivity index (χ0n) is 8.17. The molecule has 3 aliphatic rings. The average molecular weight is 166 g/mol. The summed E-state index contributed by atoms with van der Waals surface area (Å²) in [5.41, 5.74) is 1.92. The summed E-state index contributed by atoms with van der Waals surface area (Å²) in [6.45, 7) is 6.87. The number of hydrogen-bond donors (Lipinski definition) is 1. The molecule has 12 heavy (non-hydrogen) atoms. The Labute approximate surface area is 74.5 Å². The van der Waals surface area contributed by atoms with Crippen LogP contribution in [-0.4, -0.2) is 11.2 Å². The van der Waals surface area contributed by atoms with Crippen molar-refractivity contribution in [2.75, 3.05) is 0 Å². The quantitative estimate of drug-likeness (QED) is 0.548. The summed E-state index contributed by atoms with van der Waals surface area (Å²) >= 11 is 0. The maximum Gasteiger partial charge on any atom is 0.0609 e. The second-order valence-electron chi connectivity index (χ2n) is 5.12. The Kier molecular flexibility index (Phi) is 1.63. The fourth-order valence-corrected chi connectivity index (χ4v) is 3.05. The highest BCUT2D eigenvalue weighted by atomic mass is 16.3. The van der Waals surface area contributed by atoms with Crippen LogP contribution in [0.25, 0.3) is 0 Å². The molecule has 1 saturated carbocycles. The monoisotopic (exact) mass is 166 g/mol. The van der Waals surface area contributed by atoms with Gasteiger partial charge in [0.25, 0.3) is 0 Å². The van der Waals surface area contributed by atoms with E-state index in [0.717, 1.165) is 12.8 Å². The fraction of sp³-hybridized carbons (Fsp3) is 0.818. The lowest BCUT2D eigenvalue weighted by Gasteiger charge is -2.49. The van der Waals surface area contributed by atoms with E-state index in [1.54, 1.807) is 0 Å². The third-order valence-electron chi connectivity index (χ3n) is 3.70. The van der Waals surface area contributed by atoms with Crippen LogP contribution in [0.1, 0.15) is 33.6 Å². The lowest BCUT2D eigenvalue weighted by Crippen LogP contribution is -2.44. The van der Waals surface area contributed by atoms with Gasteiger partial charge in [0.15, 0.2) is 0 Å². The van der Waals surface area contributed by atoms with Gasteiger partial charge < -0.3 is 5.11 Å². The van der Waals surface area contributed by atoms with Crippen molar-refractivity contribution < 1.29 is 5.11 Å². The van der Waals surface area contributed by atoms with Crippen molar-refractivity contribution in [3.05, 3.63) is 11.6 Å². The number of fused-ring (bicyclic) bond motifs is 2. The molecule has 0 heterocycles. The minimum atomic E-state index is -0.0632. The molecular weight excluding hydrogens is 148 g/mol.